The summed E-state index contributed by atoms with van der Waals surface area (Å²) in [6.07, 6.45) is 9.27. The van der Waals surface area contributed by atoms with Crippen molar-refractivity contribution in [3.8, 4) is 0 Å². The first-order valence-electron chi connectivity index (χ1n) is 8.84. The van der Waals surface area contributed by atoms with Crippen LogP contribution in [0.4, 0.5) is 0 Å². The summed E-state index contributed by atoms with van der Waals surface area (Å²) in [7, 11) is 0. The number of carbonyl (C=O) groups is 1. The Bertz CT molecular complexity index is 397. The second kappa shape index (κ2) is 5.57. The van der Waals surface area contributed by atoms with E-state index < -0.39 is 5.60 Å². The third kappa shape index (κ3) is 2.52. The van der Waals surface area contributed by atoms with E-state index in [9.17, 15) is 4.79 Å². The SMILES string of the molecule is C[C@H]1CCOC(=O)[C@]2(C3CCCCC3)OC(C)(C)[C@H]2CC1. The summed E-state index contributed by atoms with van der Waals surface area (Å²) in [5, 5.41) is 0. The van der Waals surface area contributed by atoms with E-state index in [-0.39, 0.29) is 11.6 Å². The van der Waals surface area contributed by atoms with Crippen molar-refractivity contribution in [1.82, 2.24) is 0 Å². The number of hydrogen-bond donors (Lipinski definition) is 0. The Morgan fingerprint density at radius 2 is 1.71 bits per heavy atom. The second-order valence-electron chi connectivity index (χ2n) is 7.99. The average molecular weight is 294 g/mol. The van der Waals surface area contributed by atoms with Crippen LogP contribution in [0.25, 0.3) is 0 Å². The average Bonchev–Trinajstić information content (AvgIpc) is 2.49. The highest BCUT2D eigenvalue weighted by Gasteiger charge is 2.68. The molecule has 0 aromatic heterocycles. The van der Waals surface area contributed by atoms with Gasteiger partial charge in [-0.15, -0.1) is 0 Å². The number of cyclic esters (lactones) is 1. The number of ether oxygens (including phenoxy) is 2. The quantitative estimate of drug-likeness (QED) is 0.683. The number of hydrogen-bond acceptors (Lipinski definition) is 3. The third-order valence-corrected chi connectivity index (χ3v) is 6.11. The van der Waals surface area contributed by atoms with Crippen molar-refractivity contribution >= 4 is 5.97 Å². The Hall–Kier alpha value is -0.570. The highest BCUT2D eigenvalue weighted by atomic mass is 16.6. The maximum absolute atomic E-state index is 12.8. The van der Waals surface area contributed by atoms with Crippen LogP contribution in [0.1, 0.15) is 72.1 Å². The van der Waals surface area contributed by atoms with Gasteiger partial charge in [0, 0.05) is 5.92 Å². The Morgan fingerprint density at radius 1 is 1.00 bits per heavy atom. The monoisotopic (exact) mass is 294 g/mol. The molecule has 3 fully saturated rings. The predicted octanol–water partition coefficient (Wildman–Crippen LogP) is 4.09. The Morgan fingerprint density at radius 3 is 2.38 bits per heavy atom. The summed E-state index contributed by atoms with van der Waals surface area (Å²) in [6, 6.07) is 0. The van der Waals surface area contributed by atoms with Crippen LogP contribution in [0.2, 0.25) is 0 Å². The van der Waals surface area contributed by atoms with E-state index >= 15 is 0 Å². The zero-order valence-corrected chi connectivity index (χ0v) is 13.8. The lowest BCUT2D eigenvalue weighted by Crippen LogP contribution is -2.73. The van der Waals surface area contributed by atoms with Crippen LogP contribution < -0.4 is 0 Å². The van der Waals surface area contributed by atoms with Crippen LogP contribution in [-0.2, 0) is 14.3 Å². The molecule has 120 valence electrons. The molecule has 0 bridgehead atoms. The zero-order valence-electron chi connectivity index (χ0n) is 13.8. The van der Waals surface area contributed by atoms with Gasteiger partial charge in [-0.2, -0.15) is 0 Å². The highest BCUT2D eigenvalue weighted by Crippen LogP contribution is 2.57. The molecule has 2 saturated heterocycles. The van der Waals surface area contributed by atoms with Gasteiger partial charge >= 0.3 is 5.97 Å². The van der Waals surface area contributed by atoms with Crippen molar-refractivity contribution in [2.75, 3.05) is 6.61 Å². The smallest absolute Gasteiger partial charge is 0.339 e. The Balaban J connectivity index is 1.90. The van der Waals surface area contributed by atoms with Gasteiger partial charge in [0.05, 0.1) is 12.2 Å². The summed E-state index contributed by atoms with van der Waals surface area (Å²) in [4.78, 5) is 12.8. The summed E-state index contributed by atoms with van der Waals surface area (Å²) in [5.74, 6) is 1.26. The maximum atomic E-state index is 12.8. The molecule has 0 spiro atoms. The van der Waals surface area contributed by atoms with Crippen LogP contribution >= 0.6 is 0 Å². The van der Waals surface area contributed by atoms with E-state index in [4.69, 9.17) is 9.47 Å². The minimum absolute atomic E-state index is 0.0622. The van der Waals surface area contributed by atoms with Crippen molar-refractivity contribution < 1.29 is 14.3 Å². The van der Waals surface area contributed by atoms with Crippen molar-refractivity contribution in [1.29, 1.82) is 0 Å². The van der Waals surface area contributed by atoms with E-state index in [1.807, 2.05) is 0 Å². The fraction of sp³-hybridized carbons (Fsp3) is 0.944. The minimum atomic E-state index is -0.631. The van der Waals surface area contributed by atoms with Crippen molar-refractivity contribution in [2.24, 2.45) is 17.8 Å². The van der Waals surface area contributed by atoms with E-state index in [1.165, 1.54) is 25.7 Å². The first-order chi connectivity index (χ1) is 9.97. The lowest BCUT2D eigenvalue weighted by molar-refractivity contribution is -0.327. The van der Waals surface area contributed by atoms with Gasteiger partial charge in [-0.3, -0.25) is 0 Å². The molecular formula is C18H30O3. The normalized spacial score (nSPS) is 41.0. The number of esters is 1. The fourth-order valence-electron chi connectivity index (χ4n) is 4.91. The molecule has 1 saturated carbocycles. The Kier molecular flexibility index (Phi) is 4.06. The van der Waals surface area contributed by atoms with Crippen LogP contribution in [0, 0.1) is 17.8 Å². The van der Waals surface area contributed by atoms with Gasteiger partial charge in [0.25, 0.3) is 0 Å². The zero-order chi connectivity index (χ0) is 15.1. The summed E-state index contributed by atoms with van der Waals surface area (Å²) >= 11 is 0. The number of carbonyl (C=O) groups excluding carboxylic acids is 1. The summed E-state index contributed by atoms with van der Waals surface area (Å²) in [5.41, 5.74) is -0.811. The molecule has 3 nitrogen and oxygen atoms in total. The third-order valence-electron chi connectivity index (χ3n) is 6.11. The number of rotatable bonds is 1. The van der Waals surface area contributed by atoms with E-state index in [2.05, 4.69) is 20.8 Å². The molecule has 0 unspecified atom stereocenters. The molecule has 1 aliphatic carbocycles. The fourth-order valence-corrected chi connectivity index (χ4v) is 4.91. The van der Waals surface area contributed by atoms with E-state index in [0.29, 0.717) is 24.4 Å². The summed E-state index contributed by atoms with van der Waals surface area (Å²) < 4.78 is 12.0. The van der Waals surface area contributed by atoms with Crippen LogP contribution in [0.5, 0.6) is 0 Å². The van der Waals surface area contributed by atoms with E-state index in [0.717, 1.165) is 25.7 Å². The summed E-state index contributed by atoms with van der Waals surface area (Å²) in [6.45, 7) is 7.13. The lowest BCUT2D eigenvalue weighted by atomic mass is 9.59. The second-order valence-corrected chi connectivity index (χ2v) is 7.99. The molecule has 3 aliphatic rings. The highest BCUT2D eigenvalue weighted by molar-refractivity contribution is 5.82. The van der Waals surface area contributed by atoms with Crippen molar-refractivity contribution in [3.05, 3.63) is 0 Å². The van der Waals surface area contributed by atoms with Gasteiger partial charge in [-0.25, -0.2) is 4.79 Å². The molecule has 2 heterocycles. The van der Waals surface area contributed by atoms with Crippen molar-refractivity contribution in [3.63, 3.8) is 0 Å². The first-order valence-corrected chi connectivity index (χ1v) is 8.84. The minimum Gasteiger partial charge on any atom is -0.464 e. The largest absolute Gasteiger partial charge is 0.464 e. The van der Waals surface area contributed by atoms with Crippen LogP contribution in [-0.4, -0.2) is 23.8 Å². The van der Waals surface area contributed by atoms with Crippen LogP contribution in [0.15, 0.2) is 0 Å². The molecule has 0 N–H and O–H groups in total. The molecule has 3 rings (SSSR count). The lowest BCUT2D eigenvalue weighted by Gasteiger charge is -2.61. The molecule has 0 aromatic rings. The molecule has 0 aromatic carbocycles. The predicted molar refractivity (Wildman–Crippen MR) is 81.9 cm³/mol. The first kappa shape index (κ1) is 15.3. The van der Waals surface area contributed by atoms with Gasteiger partial charge < -0.3 is 9.47 Å². The topological polar surface area (TPSA) is 35.5 Å². The van der Waals surface area contributed by atoms with Crippen LogP contribution in [0.3, 0.4) is 0 Å². The van der Waals surface area contributed by atoms with Gasteiger partial charge in [0.1, 0.15) is 0 Å². The molecule has 21 heavy (non-hydrogen) atoms. The maximum Gasteiger partial charge on any atom is 0.339 e. The van der Waals surface area contributed by atoms with E-state index in [1.54, 1.807) is 0 Å². The van der Waals surface area contributed by atoms with Crippen molar-refractivity contribution in [2.45, 2.75) is 83.3 Å². The molecule has 3 heteroatoms. The standard InChI is InChI=1S/C18H30O3/c1-13-9-10-15-17(2,3)21-18(15,16(19)20-12-11-13)14-7-5-4-6-8-14/h13-15H,4-12H2,1-3H3/t13-,15-,18-/m1/s1. The van der Waals surface area contributed by atoms with Gasteiger partial charge in [-0.05, 0) is 51.4 Å². The van der Waals surface area contributed by atoms with Gasteiger partial charge in [0.15, 0.2) is 5.60 Å². The van der Waals surface area contributed by atoms with Gasteiger partial charge in [-0.1, -0.05) is 32.6 Å². The Labute approximate surface area is 128 Å². The molecule has 2 aliphatic heterocycles. The molecule has 0 amide bonds. The molecular weight excluding hydrogens is 264 g/mol. The number of fused-ring (bicyclic) bond motifs is 1. The molecule has 3 atom stereocenters. The molecule has 0 radical (unpaired) electrons. The van der Waals surface area contributed by atoms with Gasteiger partial charge in [0.2, 0.25) is 0 Å².